The van der Waals surface area contributed by atoms with E-state index in [9.17, 15) is 0 Å². The summed E-state index contributed by atoms with van der Waals surface area (Å²) in [5.74, 6) is 0. The molecule has 3 rings (SSSR count). The molecule has 0 radical (unpaired) electrons. The van der Waals surface area contributed by atoms with Crippen LogP contribution < -0.4 is 0 Å². The molecule has 1 aromatic carbocycles. The Labute approximate surface area is 127 Å². The molecule has 1 aliphatic rings. The number of benzene rings is 1. The van der Waals surface area contributed by atoms with E-state index in [1.54, 1.807) is 0 Å². The summed E-state index contributed by atoms with van der Waals surface area (Å²) < 4.78 is 0. The number of rotatable bonds is 4. The number of pyridine rings is 1. The van der Waals surface area contributed by atoms with Gasteiger partial charge in [-0.3, -0.25) is 4.98 Å². The van der Waals surface area contributed by atoms with Gasteiger partial charge in [0.15, 0.2) is 0 Å². The zero-order valence-electron chi connectivity index (χ0n) is 13.2. The smallest absolute Gasteiger partial charge is 0.0705 e. The van der Waals surface area contributed by atoms with Crippen LogP contribution in [0.1, 0.15) is 17.7 Å². The molecule has 0 unspecified atom stereocenters. The quantitative estimate of drug-likeness (QED) is 0.860. The SMILES string of the molecule is Cc1ccc2cc(CCCN3CCN(C)CC3)ccc2n1. The number of hydrogen-bond acceptors (Lipinski definition) is 3. The molecule has 1 saturated heterocycles. The first kappa shape index (κ1) is 14.5. The van der Waals surface area contributed by atoms with Gasteiger partial charge in [0.05, 0.1) is 5.52 Å². The molecule has 0 saturated carbocycles. The van der Waals surface area contributed by atoms with Crippen molar-refractivity contribution in [3.8, 4) is 0 Å². The third-order valence-corrected chi connectivity index (χ3v) is 4.43. The number of fused-ring (bicyclic) bond motifs is 1. The van der Waals surface area contributed by atoms with Crippen molar-refractivity contribution < 1.29 is 0 Å². The van der Waals surface area contributed by atoms with Crippen molar-refractivity contribution in [3.63, 3.8) is 0 Å². The van der Waals surface area contributed by atoms with Crippen LogP contribution in [0.15, 0.2) is 30.3 Å². The minimum absolute atomic E-state index is 1.09. The van der Waals surface area contributed by atoms with Crippen molar-refractivity contribution in [2.45, 2.75) is 19.8 Å². The maximum atomic E-state index is 4.56. The number of aromatic nitrogens is 1. The number of hydrogen-bond donors (Lipinski definition) is 0. The van der Waals surface area contributed by atoms with E-state index in [4.69, 9.17) is 0 Å². The maximum absolute atomic E-state index is 4.56. The lowest BCUT2D eigenvalue weighted by Crippen LogP contribution is -2.44. The van der Waals surface area contributed by atoms with Crippen LogP contribution >= 0.6 is 0 Å². The molecular weight excluding hydrogens is 258 g/mol. The highest BCUT2D eigenvalue weighted by molar-refractivity contribution is 5.79. The number of likely N-dealkylation sites (N-methyl/N-ethyl adjacent to an activating group) is 1. The third-order valence-electron chi connectivity index (χ3n) is 4.43. The van der Waals surface area contributed by atoms with E-state index in [0.717, 1.165) is 17.6 Å². The van der Waals surface area contributed by atoms with Gasteiger partial charge in [0.1, 0.15) is 0 Å². The van der Waals surface area contributed by atoms with Crippen molar-refractivity contribution in [2.24, 2.45) is 0 Å². The molecule has 0 bridgehead atoms. The van der Waals surface area contributed by atoms with E-state index in [0.29, 0.717) is 0 Å². The van der Waals surface area contributed by atoms with Gasteiger partial charge in [-0.25, -0.2) is 0 Å². The fraction of sp³-hybridized carbons (Fsp3) is 0.500. The van der Waals surface area contributed by atoms with Crippen molar-refractivity contribution >= 4 is 10.9 Å². The summed E-state index contributed by atoms with van der Waals surface area (Å²) in [6, 6.07) is 11.0. The van der Waals surface area contributed by atoms with Crippen LogP contribution in [0.2, 0.25) is 0 Å². The van der Waals surface area contributed by atoms with Gasteiger partial charge in [0.2, 0.25) is 0 Å². The summed E-state index contributed by atoms with van der Waals surface area (Å²) in [6.07, 6.45) is 2.41. The standard InChI is InChI=1S/C18H25N3/c1-15-5-7-17-14-16(6-8-18(17)19-15)4-3-9-21-12-10-20(2)11-13-21/h5-8,14H,3-4,9-13H2,1-2H3. The monoisotopic (exact) mass is 283 g/mol. The lowest BCUT2D eigenvalue weighted by atomic mass is 10.1. The molecule has 2 heterocycles. The molecule has 0 amide bonds. The highest BCUT2D eigenvalue weighted by Crippen LogP contribution is 2.16. The summed E-state index contributed by atoms with van der Waals surface area (Å²) in [4.78, 5) is 9.57. The number of aryl methyl sites for hydroxylation is 2. The molecule has 2 aromatic rings. The second-order valence-corrected chi connectivity index (χ2v) is 6.23. The van der Waals surface area contributed by atoms with E-state index < -0.39 is 0 Å². The molecule has 0 atom stereocenters. The van der Waals surface area contributed by atoms with Crippen LogP contribution in [0.5, 0.6) is 0 Å². The van der Waals surface area contributed by atoms with Gasteiger partial charge in [0.25, 0.3) is 0 Å². The summed E-state index contributed by atoms with van der Waals surface area (Å²) in [5, 5.41) is 1.26. The summed E-state index contributed by atoms with van der Waals surface area (Å²) in [7, 11) is 2.21. The fourth-order valence-electron chi connectivity index (χ4n) is 3.01. The molecule has 1 fully saturated rings. The van der Waals surface area contributed by atoms with Gasteiger partial charge >= 0.3 is 0 Å². The fourth-order valence-corrected chi connectivity index (χ4v) is 3.01. The maximum Gasteiger partial charge on any atom is 0.0705 e. The van der Waals surface area contributed by atoms with E-state index in [1.807, 2.05) is 6.92 Å². The van der Waals surface area contributed by atoms with Crippen LogP contribution in [0.4, 0.5) is 0 Å². The number of nitrogens with zero attached hydrogens (tertiary/aromatic N) is 3. The van der Waals surface area contributed by atoms with Crippen molar-refractivity contribution in [3.05, 3.63) is 41.6 Å². The second-order valence-electron chi connectivity index (χ2n) is 6.23. The van der Waals surface area contributed by atoms with Gasteiger partial charge < -0.3 is 9.80 Å². The Morgan fingerprint density at radius 1 is 1.05 bits per heavy atom. The van der Waals surface area contributed by atoms with Crippen LogP contribution in [0.25, 0.3) is 10.9 Å². The van der Waals surface area contributed by atoms with Crippen LogP contribution in [0, 0.1) is 6.92 Å². The minimum atomic E-state index is 1.09. The Hall–Kier alpha value is -1.45. The Morgan fingerprint density at radius 2 is 1.86 bits per heavy atom. The van der Waals surface area contributed by atoms with Gasteiger partial charge in [0, 0.05) is 37.3 Å². The molecule has 1 aliphatic heterocycles. The zero-order chi connectivity index (χ0) is 14.7. The summed E-state index contributed by atoms with van der Waals surface area (Å²) in [5.41, 5.74) is 3.63. The molecular formula is C18H25N3. The predicted octanol–water partition coefficient (Wildman–Crippen LogP) is 2.72. The van der Waals surface area contributed by atoms with Gasteiger partial charge in [-0.05, 0) is 57.1 Å². The average molecular weight is 283 g/mol. The first-order valence-corrected chi connectivity index (χ1v) is 7.98. The van der Waals surface area contributed by atoms with E-state index in [1.165, 1.54) is 50.1 Å². The Bertz CT molecular complexity index is 600. The molecule has 1 aromatic heterocycles. The lowest BCUT2D eigenvalue weighted by molar-refractivity contribution is 0.153. The number of piperazine rings is 1. The van der Waals surface area contributed by atoms with Crippen molar-refractivity contribution in [1.82, 2.24) is 14.8 Å². The molecule has 3 nitrogen and oxygen atoms in total. The van der Waals surface area contributed by atoms with E-state index in [2.05, 4.69) is 52.2 Å². The summed E-state index contributed by atoms with van der Waals surface area (Å²) >= 11 is 0. The molecule has 112 valence electrons. The highest BCUT2D eigenvalue weighted by atomic mass is 15.2. The van der Waals surface area contributed by atoms with Crippen molar-refractivity contribution in [2.75, 3.05) is 39.8 Å². The molecule has 0 aliphatic carbocycles. The molecule has 21 heavy (non-hydrogen) atoms. The molecule has 0 N–H and O–H groups in total. The predicted molar refractivity (Wildman–Crippen MR) is 88.7 cm³/mol. The largest absolute Gasteiger partial charge is 0.304 e. The van der Waals surface area contributed by atoms with Crippen LogP contribution in [-0.4, -0.2) is 54.6 Å². The second kappa shape index (κ2) is 6.54. The Kier molecular flexibility index (Phi) is 4.51. The summed E-state index contributed by atoms with van der Waals surface area (Å²) in [6.45, 7) is 8.12. The topological polar surface area (TPSA) is 19.4 Å². The normalized spacial score (nSPS) is 17.4. The minimum Gasteiger partial charge on any atom is -0.304 e. The average Bonchev–Trinajstić information content (AvgIpc) is 2.49. The first-order chi connectivity index (χ1) is 10.2. The van der Waals surface area contributed by atoms with Crippen LogP contribution in [-0.2, 0) is 6.42 Å². The molecule has 3 heteroatoms. The van der Waals surface area contributed by atoms with E-state index in [-0.39, 0.29) is 0 Å². The zero-order valence-corrected chi connectivity index (χ0v) is 13.2. The van der Waals surface area contributed by atoms with Crippen LogP contribution in [0.3, 0.4) is 0 Å². The van der Waals surface area contributed by atoms with Gasteiger partial charge in [-0.2, -0.15) is 0 Å². The Morgan fingerprint density at radius 3 is 2.67 bits per heavy atom. The van der Waals surface area contributed by atoms with Gasteiger partial charge in [-0.1, -0.05) is 12.1 Å². The highest BCUT2D eigenvalue weighted by Gasteiger charge is 2.12. The van der Waals surface area contributed by atoms with E-state index >= 15 is 0 Å². The van der Waals surface area contributed by atoms with Crippen molar-refractivity contribution in [1.29, 1.82) is 0 Å². The van der Waals surface area contributed by atoms with Gasteiger partial charge in [-0.15, -0.1) is 0 Å². The first-order valence-electron chi connectivity index (χ1n) is 7.98. The molecule has 0 spiro atoms. The lowest BCUT2D eigenvalue weighted by Gasteiger charge is -2.32. The Balaban J connectivity index is 1.54. The third kappa shape index (κ3) is 3.80.